The number of hydrogen-bond acceptors (Lipinski definition) is 4. The van der Waals surface area contributed by atoms with Crippen LogP contribution in [0.1, 0.15) is 16.8 Å². The lowest BCUT2D eigenvalue weighted by Gasteiger charge is -2.29. The number of rotatable bonds is 6. The lowest BCUT2D eigenvalue weighted by Crippen LogP contribution is -2.37. The maximum atomic E-state index is 13.3. The molecule has 0 amide bonds. The van der Waals surface area contributed by atoms with Crippen LogP contribution in [-0.2, 0) is 17.9 Å². The fourth-order valence-electron chi connectivity index (χ4n) is 3.60. The van der Waals surface area contributed by atoms with Gasteiger partial charge in [0.2, 0.25) is 0 Å². The average molecular weight is 465 g/mol. The molecule has 0 saturated carbocycles. The van der Waals surface area contributed by atoms with E-state index in [9.17, 15) is 4.79 Å². The third kappa shape index (κ3) is 5.62. The van der Waals surface area contributed by atoms with E-state index in [-0.39, 0.29) is 5.78 Å². The van der Waals surface area contributed by atoms with Crippen LogP contribution in [-0.4, -0.2) is 38.8 Å². The largest absolute Gasteiger partial charge is 0.289 e. The van der Waals surface area contributed by atoms with Gasteiger partial charge in [-0.3, -0.25) is 9.69 Å². The average Bonchev–Trinajstić information content (AvgIpc) is 3.21. The number of allylic oxidation sites excluding steroid dienone is 1. The van der Waals surface area contributed by atoms with Gasteiger partial charge in [0.1, 0.15) is 0 Å². The quantitative estimate of drug-likeness (QED) is 0.365. The van der Waals surface area contributed by atoms with Crippen molar-refractivity contribution in [2.75, 3.05) is 13.1 Å². The Bertz CT molecular complexity index is 1110. The Morgan fingerprint density at radius 2 is 1.44 bits per heavy atom. The number of carbonyl (C=O) groups excluding carboxylic acids is 1. The topological polar surface area (TPSA) is 51.0 Å². The first-order chi connectivity index (χ1) is 15.5. The molecule has 32 heavy (non-hydrogen) atoms. The molecule has 0 spiro atoms. The van der Waals surface area contributed by atoms with Crippen LogP contribution in [0.15, 0.2) is 78.5 Å². The summed E-state index contributed by atoms with van der Waals surface area (Å²) in [6.07, 6.45) is 7.53. The highest BCUT2D eigenvalue weighted by atomic mass is 35.5. The van der Waals surface area contributed by atoms with E-state index in [1.54, 1.807) is 10.8 Å². The highest BCUT2D eigenvalue weighted by molar-refractivity contribution is 6.30. The van der Waals surface area contributed by atoms with E-state index in [0.717, 1.165) is 28.0 Å². The first kappa shape index (κ1) is 22.2. The van der Waals surface area contributed by atoms with E-state index in [1.807, 2.05) is 66.9 Å². The number of ketones is 1. The van der Waals surface area contributed by atoms with Crippen molar-refractivity contribution in [2.24, 2.45) is 0 Å². The fourth-order valence-corrected chi connectivity index (χ4v) is 3.86. The van der Waals surface area contributed by atoms with Crippen LogP contribution in [0.4, 0.5) is 0 Å². The molecule has 1 aliphatic heterocycles. The number of hydrogen-bond donors (Lipinski definition) is 0. The van der Waals surface area contributed by atoms with Crippen LogP contribution in [0.3, 0.4) is 0 Å². The first-order valence-corrected chi connectivity index (χ1v) is 10.9. The Balaban J connectivity index is 1.64. The molecule has 1 aromatic heterocycles. The van der Waals surface area contributed by atoms with E-state index in [1.165, 1.54) is 0 Å². The molecule has 0 radical (unpaired) electrons. The molecule has 0 unspecified atom stereocenters. The number of halogens is 2. The predicted molar refractivity (Wildman–Crippen MR) is 129 cm³/mol. The summed E-state index contributed by atoms with van der Waals surface area (Å²) in [5.41, 5.74) is 4.15. The molecule has 7 heteroatoms. The van der Waals surface area contributed by atoms with Crippen molar-refractivity contribution >= 4 is 41.1 Å². The number of aromatic nitrogens is 3. The third-order valence-corrected chi connectivity index (χ3v) is 5.58. The van der Waals surface area contributed by atoms with Gasteiger partial charge in [0.05, 0.1) is 18.4 Å². The lowest BCUT2D eigenvalue weighted by atomic mass is 9.94. The Morgan fingerprint density at radius 1 is 0.906 bits per heavy atom. The molecule has 1 fully saturated rings. The maximum absolute atomic E-state index is 13.3. The minimum Gasteiger partial charge on any atom is -0.289 e. The molecular weight excluding hydrogens is 443 g/mol. The van der Waals surface area contributed by atoms with Crippen LogP contribution in [0.5, 0.6) is 0 Å². The van der Waals surface area contributed by atoms with Crippen LogP contribution in [0.25, 0.3) is 12.2 Å². The normalized spacial score (nSPS) is 17.2. The SMILES string of the molecule is C=CCn1cc(CN2CC(=Cc3ccc(Cl)cc3)C(=O)C(=Cc3ccc(Cl)cc3)C2)nn1. The summed E-state index contributed by atoms with van der Waals surface area (Å²) in [6.45, 7) is 5.96. The second-order valence-electron chi connectivity index (χ2n) is 7.64. The summed E-state index contributed by atoms with van der Waals surface area (Å²) in [6, 6.07) is 14.9. The zero-order chi connectivity index (χ0) is 22.5. The van der Waals surface area contributed by atoms with Gasteiger partial charge in [0, 0.05) is 40.8 Å². The molecule has 0 bridgehead atoms. The standard InChI is InChI=1S/C25H22Cl2N4O/c1-2-11-31-17-24(28-29-31)16-30-14-20(12-18-3-7-22(26)8-4-18)25(32)21(15-30)13-19-5-9-23(27)10-6-19/h2-10,12-13,17H,1,11,14-16H2. The van der Waals surface area contributed by atoms with Crippen molar-refractivity contribution in [1.82, 2.24) is 19.9 Å². The van der Waals surface area contributed by atoms with Crippen molar-refractivity contribution in [3.05, 3.63) is 105 Å². The van der Waals surface area contributed by atoms with E-state index in [0.29, 0.717) is 36.2 Å². The monoisotopic (exact) mass is 464 g/mol. The Hall–Kier alpha value is -2.99. The molecule has 3 aromatic rings. The molecule has 1 saturated heterocycles. The zero-order valence-electron chi connectivity index (χ0n) is 17.4. The van der Waals surface area contributed by atoms with Crippen LogP contribution >= 0.6 is 23.2 Å². The van der Waals surface area contributed by atoms with Crippen LogP contribution < -0.4 is 0 Å². The summed E-state index contributed by atoms with van der Waals surface area (Å²) in [5, 5.41) is 9.70. The van der Waals surface area contributed by atoms with Crippen molar-refractivity contribution < 1.29 is 4.79 Å². The summed E-state index contributed by atoms with van der Waals surface area (Å²) in [4.78, 5) is 15.5. The van der Waals surface area contributed by atoms with Crippen LogP contribution in [0, 0.1) is 0 Å². The van der Waals surface area contributed by atoms with Crippen molar-refractivity contribution in [1.29, 1.82) is 0 Å². The maximum Gasteiger partial charge on any atom is 0.187 e. The summed E-state index contributed by atoms with van der Waals surface area (Å²) < 4.78 is 1.74. The molecule has 2 aromatic carbocycles. The van der Waals surface area contributed by atoms with Gasteiger partial charge in [0.15, 0.2) is 5.78 Å². The van der Waals surface area contributed by atoms with Gasteiger partial charge < -0.3 is 0 Å². The number of benzene rings is 2. The van der Waals surface area contributed by atoms with E-state index in [4.69, 9.17) is 23.2 Å². The van der Waals surface area contributed by atoms with E-state index < -0.39 is 0 Å². The molecule has 0 N–H and O–H groups in total. The molecule has 162 valence electrons. The van der Waals surface area contributed by atoms with Crippen molar-refractivity contribution in [2.45, 2.75) is 13.1 Å². The molecule has 0 atom stereocenters. The molecule has 0 aliphatic carbocycles. The molecule has 2 heterocycles. The summed E-state index contributed by atoms with van der Waals surface area (Å²) in [7, 11) is 0. The molecule has 4 rings (SSSR count). The Kier molecular flexibility index (Phi) is 7.00. The number of likely N-dealkylation sites (tertiary alicyclic amines) is 1. The van der Waals surface area contributed by atoms with Crippen LogP contribution in [0.2, 0.25) is 10.0 Å². The Morgan fingerprint density at radius 3 is 1.94 bits per heavy atom. The third-order valence-electron chi connectivity index (χ3n) is 5.08. The van der Waals surface area contributed by atoms with Crippen molar-refractivity contribution in [3.8, 4) is 0 Å². The van der Waals surface area contributed by atoms with Gasteiger partial charge in [-0.15, -0.1) is 11.7 Å². The summed E-state index contributed by atoms with van der Waals surface area (Å²) >= 11 is 12.0. The minimum atomic E-state index is 0.0430. The molecular formula is C25H22Cl2N4O. The fraction of sp³-hybridized carbons (Fsp3) is 0.160. The van der Waals surface area contributed by atoms with Gasteiger partial charge >= 0.3 is 0 Å². The highest BCUT2D eigenvalue weighted by Crippen LogP contribution is 2.24. The minimum absolute atomic E-state index is 0.0430. The van der Waals surface area contributed by atoms with E-state index >= 15 is 0 Å². The van der Waals surface area contributed by atoms with Gasteiger partial charge in [-0.25, -0.2) is 4.68 Å². The summed E-state index contributed by atoms with van der Waals surface area (Å²) in [5.74, 6) is 0.0430. The first-order valence-electron chi connectivity index (χ1n) is 10.2. The second-order valence-corrected chi connectivity index (χ2v) is 8.51. The number of nitrogens with zero attached hydrogens (tertiary/aromatic N) is 4. The lowest BCUT2D eigenvalue weighted by molar-refractivity contribution is -0.113. The smallest absolute Gasteiger partial charge is 0.187 e. The van der Waals surface area contributed by atoms with Gasteiger partial charge in [-0.2, -0.15) is 0 Å². The van der Waals surface area contributed by atoms with Gasteiger partial charge in [0.25, 0.3) is 0 Å². The Labute approximate surface area is 197 Å². The van der Waals surface area contributed by atoms with Crippen molar-refractivity contribution in [3.63, 3.8) is 0 Å². The number of piperidine rings is 1. The number of carbonyl (C=O) groups is 1. The molecule has 1 aliphatic rings. The van der Waals surface area contributed by atoms with Gasteiger partial charge in [-0.05, 0) is 47.5 Å². The highest BCUT2D eigenvalue weighted by Gasteiger charge is 2.26. The number of Topliss-reactive ketones (excluding diaryl/α,β-unsaturated/α-hetero) is 1. The second kappa shape index (κ2) is 10.1. The predicted octanol–water partition coefficient (Wildman–Crippen LogP) is 5.32. The molecule has 5 nitrogen and oxygen atoms in total. The van der Waals surface area contributed by atoms with Gasteiger partial charge in [-0.1, -0.05) is 58.8 Å². The van der Waals surface area contributed by atoms with E-state index in [2.05, 4.69) is 21.8 Å². The zero-order valence-corrected chi connectivity index (χ0v) is 18.9.